The Hall–Kier alpha value is -3.55. The van der Waals surface area contributed by atoms with Crippen molar-refractivity contribution in [2.45, 2.75) is 13.0 Å². The lowest BCUT2D eigenvalue weighted by atomic mass is 9.94. The van der Waals surface area contributed by atoms with Crippen molar-refractivity contribution >= 4 is 12.0 Å². The Labute approximate surface area is 174 Å². The maximum Gasteiger partial charge on any atom is 0.338 e. The summed E-state index contributed by atoms with van der Waals surface area (Å²) in [5.41, 5.74) is 1.33. The summed E-state index contributed by atoms with van der Waals surface area (Å²) in [7, 11) is 3.10. The minimum Gasteiger partial charge on any atom is -0.497 e. The van der Waals surface area contributed by atoms with Crippen LogP contribution in [0, 0.1) is 5.82 Å². The molecule has 8 heteroatoms. The smallest absolute Gasteiger partial charge is 0.338 e. The lowest BCUT2D eigenvalue weighted by Gasteiger charge is -2.34. The first-order chi connectivity index (χ1) is 14.4. The van der Waals surface area contributed by atoms with Crippen LogP contribution in [0.1, 0.15) is 18.5 Å². The Morgan fingerprint density at radius 1 is 1.10 bits per heavy atom. The van der Waals surface area contributed by atoms with Gasteiger partial charge in [0.2, 0.25) is 0 Å². The van der Waals surface area contributed by atoms with Crippen molar-refractivity contribution in [3.63, 3.8) is 0 Å². The number of hydrogen-bond acceptors (Lipinski definition) is 5. The van der Waals surface area contributed by atoms with Crippen LogP contribution in [0.2, 0.25) is 0 Å². The predicted octanol–water partition coefficient (Wildman–Crippen LogP) is 3.43. The number of halogens is 1. The number of nitrogens with zero attached hydrogens (tertiary/aromatic N) is 1. The third kappa shape index (κ3) is 4.53. The highest BCUT2D eigenvalue weighted by Gasteiger charge is 2.37. The van der Waals surface area contributed by atoms with E-state index >= 15 is 0 Å². The van der Waals surface area contributed by atoms with Gasteiger partial charge in [-0.1, -0.05) is 12.1 Å². The molecule has 2 aromatic carbocycles. The normalized spacial score (nSPS) is 16.2. The van der Waals surface area contributed by atoms with Crippen LogP contribution >= 0.6 is 0 Å². The standard InChI is InChI=1S/C22H23FN2O5/c1-4-29-21(26)19-18(13-30-17-11-7-15(23)8-12-17)25(2)22(27)24-20(19)14-5-9-16(28-3)10-6-14/h5-12,20H,4,13H2,1-3H3,(H,24,27). The van der Waals surface area contributed by atoms with E-state index in [9.17, 15) is 14.0 Å². The monoisotopic (exact) mass is 414 g/mol. The van der Waals surface area contributed by atoms with E-state index in [-0.39, 0.29) is 30.6 Å². The lowest BCUT2D eigenvalue weighted by Crippen LogP contribution is -2.48. The summed E-state index contributed by atoms with van der Waals surface area (Å²) in [5.74, 6) is 0.123. The van der Waals surface area contributed by atoms with Gasteiger partial charge in [0.05, 0.1) is 31.0 Å². The summed E-state index contributed by atoms with van der Waals surface area (Å²) >= 11 is 0. The van der Waals surface area contributed by atoms with Crippen molar-refractivity contribution < 1.29 is 28.2 Å². The lowest BCUT2D eigenvalue weighted by molar-refractivity contribution is -0.139. The van der Waals surface area contributed by atoms with Crippen molar-refractivity contribution in [3.8, 4) is 11.5 Å². The topological polar surface area (TPSA) is 77.1 Å². The quantitative estimate of drug-likeness (QED) is 0.703. The van der Waals surface area contributed by atoms with Crippen LogP contribution in [0.4, 0.5) is 9.18 Å². The van der Waals surface area contributed by atoms with Gasteiger partial charge in [-0.2, -0.15) is 0 Å². The molecule has 7 nitrogen and oxygen atoms in total. The summed E-state index contributed by atoms with van der Waals surface area (Å²) < 4.78 is 29.3. The van der Waals surface area contributed by atoms with Crippen LogP contribution < -0.4 is 14.8 Å². The number of rotatable bonds is 7. The first kappa shape index (κ1) is 21.2. The number of amides is 2. The first-order valence-electron chi connectivity index (χ1n) is 9.41. The highest BCUT2D eigenvalue weighted by Crippen LogP contribution is 2.32. The molecule has 0 saturated carbocycles. The molecule has 0 aliphatic carbocycles. The van der Waals surface area contributed by atoms with Gasteiger partial charge in [0, 0.05) is 7.05 Å². The van der Waals surface area contributed by atoms with E-state index in [1.54, 1.807) is 45.3 Å². The van der Waals surface area contributed by atoms with Crippen LogP contribution in [0.25, 0.3) is 0 Å². The summed E-state index contributed by atoms with van der Waals surface area (Å²) in [5, 5.41) is 2.83. The van der Waals surface area contributed by atoms with Crippen molar-refractivity contribution in [1.82, 2.24) is 10.2 Å². The van der Waals surface area contributed by atoms with Gasteiger partial charge in [-0.05, 0) is 48.9 Å². The van der Waals surface area contributed by atoms with Gasteiger partial charge in [0.1, 0.15) is 23.9 Å². The van der Waals surface area contributed by atoms with Gasteiger partial charge in [0.25, 0.3) is 0 Å². The Bertz CT molecular complexity index is 941. The molecule has 1 heterocycles. The molecule has 1 atom stereocenters. The number of carbonyl (C=O) groups excluding carboxylic acids is 2. The van der Waals surface area contributed by atoms with Crippen LogP contribution in [-0.2, 0) is 9.53 Å². The van der Waals surface area contributed by atoms with Crippen molar-refractivity contribution in [2.24, 2.45) is 0 Å². The van der Waals surface area contributed by atoms with Crippen molar-refractivity contribution in [2.75, 3.05) is 27.4 Å². The molecule has 1 unspecified atom stereocenters. The molecule has 0 spiro atoms. The minimum absolute atomic E-state index is 0.0731. The molecule has 0 radical (unpaired) electrons. The fourth-order valence-corrected chi connectivity index (χ4v) is 3.11. The van der Waals surface area contributed by atoms with E-state index in [4.69, 9.17) is 14.2 Å². The second kappa shape index (κ2) is 9.30. The molecule has 1 aliphatic heterocycles. The molecule has 1 aliphatic rings. The van der Waals surface area contributed by atoms with Crippen LogP contribution in [-0.4, -0.2) is 44.3 Å². The molecule has 3 rings (SSSR count). The van der Waals surface area contributed by atoms with E-state index in [1.165, 1.54) is 29.2 Å². The molecule has 2 aromatic rings. The molecule has 0 aromatic heterocycles. The van der Waals surface area contributed by atoms with Crippen LogP contribution in [0.3, 0.4) is 0 Å². The van der Waals surface area contributed by atoms with Gasteiger partial charge in [-0.15, -0.1) is 0 Å². The fraction of sp³-hybridized carbons (Fsp3) is 0.273. The number of likely N-dealkylation sites (N-methyl/N-ethyl adjacent to an activating group) is 1. The maximum absolute atomic E-state index is 13.1. The van der Waals surface area contributed by atoms with E-state index in [2.05, 4.69) is 5.32 Å². The van der Waals surface area contributed by atoms with Crippen molar-refractivity contribution in [3.05, 3.63) is 71.2 Å². The zero-order valence-electron chi connectivity index (χ0n) is 17.0. The summed E-state index contributed by atoms with van der Waals surface area (Å²) in [4.78, 5) is 26.7. The number of nitrogens with one attached hydrogen (secondary N) is 1. The van der Waals surface area contributed by atoms with Gasteiger partial charge >= 0.3 is 12.0 Å². The highest BCUT2D eigenvalue weighted by atomic mass is 19.1. The Balaban J connectivity index is 2.00. The first-order valence-corrected chi connectivity index (χ1v) is 9.41. The molecular weight excluding hydrogens is 391 g/mol. The van der Waals surface area contributed by atoms with E-state index in [0.29, 0.717) is 22.8 Å². The number of esters is 1. The second-order valence-corrected chi connectivity index (χ2v) is 6.54. The summed E-state index contributed by atoms with van der Waals surface area (Å²) in [6.07, 6.45) is 0. The Morgan fingerprint density at radius 3 is 2.33 bits per heavy atom. The number of carbonyl (C=O) groups is 2. The van der Waals surface area contributed by atoms with Crippen LogP contribution in [0.5, 0.6) is 11.5 Å². The molecular formula is C22H23FN2O5. The fourth-order valence-electron chi connectivity index (χ4n) is 3.11. The zero-order chi connectivity index (χ0) is 21.7. The number of methoxy groups -OCH3 is 1. The molecule has 0 fully saturated rings. The largest absolute Gasteiger partial charge is 0.497 e. The van der Waals surface area contributed by atoms with E-state index < -0.39 is 12.0 Å². The number of benzene rings is 2. The summed E-state index contributed by atoms with van der Waals surface area (Å²) in [6, 6.07) is 11.4. The molecule has 2 amide bonds. The second-order valence-electron chi connectivity index (χ2n) is 6.54. The van der Waals surface area contributed by atoms with E-state index in [1.807, 2.05) is 0 Å². The average Bonchev–Trinajstić information content (AvgIpc) is 2.75. The molecule has 0 saturated heterocycles. The highest BCUT2D eigenvalue weighted by molar-refractivity contribution is 5.95. The zero-order valence-corrected chi connectivity index (χ0v) is 17.0. The number of urea groups is 1. The van der Waals surface area contributed by atoms with Gasteiger partial charge in [-0.3, -0.25) is 4.90 Å². The molecule has 0 bridgehead atoms. The number of ether oxygens (including phenoxy) is 3. The molecule has 1 N–H and O–H groups in total. The van der Waals surface area contributed by atoms with E-state index in [0.717, 1.165) is 0 Å². The predicted molar refractivity (Wildman–Crippen MR) is 108 cm³/mol. The maximum atomic E-state index is 13.1. The van der Waals surface area contributed by atoms with Gasteiger partial charge < -0.3 is 19.5 Å². The van der Waals surface area contributed by atoms with Gasteiger partial charge in [0.15, 0.2) is 0 Å². The van der Waals surface area contributed by atoms with Crippen molar-refractivity contribution in [1.29, 1.82) is 0 Å². The third-order valence-electron chi connectivity index (χ3n) is 4.71. The number of hydrogen-bond donors (Lipinski definition) is 1. The van der Waals surface area contributed by atoms with Crippen LogP contribution in [0.15, 0.2) is 59.8 Å². The average molecular weight is 414 g/mol. The molecule has 30 heavy (non-hydrogen) atoms. The Morgan fingerprint density at radius 2 is 1.73 bits per heavy atom. The molecule has 158 valence electrons. The minimum atomic E-state index is -0.717. The SMILES string of the molecule is CCOC(=O)C1=C(COc2ccc(F)cc2)N(C)C(=O)NC1c1ccc(OC)cc1. The van der Waals surface area contributed by atoms with Gasteiger partial charge in [-0.25, -0.2) is 14.0 Å². The Kier molecular flexibility index (Phi) is 6.56. The summed E-state index contributed by atoms with van der Waals surface area (Å²) in [6.45, 7) is 1.82. The third-order valence-corrected chi connectivity index (χ3v) is 4.71.